The summed E-state index contributed by atoms with van der Waals surface area (Å²) in [6.07, 6.45) is 18.9. The van der Waals surface area contributed by atoms with Crippen molar-refractivity contribution in [2.45, 2.75) is 84.0 Å². The molecule has 0 aliphatic carbocycles. The van der Waals surface area contributed by atoms with Gasteiger partial charge in [0.1, 0.15) is 5.75 Å². The first-order valence-corrected chi connectivity index (χ1v) is 14.7. The highest BCUT2D eigenvalue weighted by Crippen LogP contribution is 2.20. The molecule has 39 heavy (non-hydrogen) atoms. The van der Waals surface area contributed by atoms with Crippen molar-refractivity contribution in [3.05, 3.63) is 95.1 Å². The Labute approximate surface area is 235 Å². The molecule has 3 rings (SSSR count). The molecular formula is C35H46N2O2. The Kier molecular flexibility index (Phi) is 13.2. The molecule has 4 N–H and O–H groups in total. The molecule has 4 nitrogen and oxygen atoms in total. The summed E-state index contributed by atoms with van der Waals surface area (Å²) in [6, 6.07) is 21.5. The molecule has 0 aromatic heterocycles. The Morgan fingerprint density at radius 3 is 1.85 bits per heavy atom. The highest BCUT2D eigenvalue weighted by molar-refractivity contribution is 6.06. The number of carbonyl (C=O) groups is 1. The SMILES string of the molecule is CCCCCCCCCCCCc1ccc(C(=O)/C=C\c2ccc(CCOc3cc(N)cc(N)c3)cc2)cc1. The molecule has 208 valence electrons. The molecule has 0 aliphatic heterocycles. The molecule has 0 saturated carbocycles. The molecule has 3 aromatic rings. The van der Waals surface area contributed by atoms with Gasteiger partial charge in [-0.2, -0.15) is 0 Å². The molecule has 0 unspecified atom stereocenters. The molecule has 0 atom stereocenters. The number of rotatable bonds is 18. The van der Waals surface area contributed by atoms with Crippen LogP contribution in [0.1, 0.15) is 98.2 Å². The van der Waals surface area contributed by atoms with Crippen molar-refractivity contribution in [3.8, 4) is 5.75 Å². The van der Waals surface area contributed by atoms with E-state index in [2.05, 4.69) is 31.2 Å². The van der Waals surface area contributed by atoms with E-state index < -0.39 is 0 Å². The van der Waals surface area contributed by atoms with Crippen LogP contribution in [0.5, 0.6) is 5.75 Å². The largest absolute Gasteiger partial charge is 0.493 e. The number of benzene rings is 3. The first-order valence-electron chi connectivity index (χ1n) is 14.7. The van der Waals surface area contributed by atoms with Crippen LogP contribution < -0.4 is 16.2 Å². The smallest absolute Gasteiger partial charge is 0.185 e. The van der Waals surface area contributed by atoms with Crippen LogP contribution in [0, 0.1) is 0 Å². The average Bonchev–Trinajstić information content (AvgIpc) is 2.93. The minimum atomic E-state index is 0.0272. The molecule has 0 fully saturated rings. The van der Waals surface area contributed by atoms with Crippen molar-refractivity contribution >= 4 is 23.2 Å². The first kappa shape index (κ1) is 30.0. The zero-order valence-electron chi connectivity index (χ0n) is 23.7. The van der Waals surface area contributed by atoms with Gasteiger partial charge < -0.3 is 16.2 Å². The predicted molar refractivity (Wildman–Crippen MR) is 166 cm³/mol. The lowest BCUT2D eigenvalue weighted by molar-refractivity contribution is 0.104. The fraction of sp³-hybridized carbons (Fsp3) is 0.400. The molecule has 0 amide bonds. The predicted octanol–water partition coefficient (Wildman–Crippen LogP) is 8.83. The van der Waals surface area contributed by atoms with Gasteiger partial charge in [0, 0.05) is 35.5 Å². The number of hydrogen-bond acceptors (Lipinski definition) is 4. The lowest BCUT2D eigenvalue weighted by Gasteiger charge is -2.08. The highest BCUT2D eigenvalue weighted by Gasteiger charge is 2.03. The van der Waals surface area contributed by atoms with Crippen LogP contribution in [0.4, 0.5) is 11.4 Å². The lowest BCUT2D eigenvalue weighted by Crippen LogP contribution is -2.02. The zero-order valence-corrected chi connectivity index (χ0v) is 23.7. The first-order chi connectivity index (χ1) is 19.0. The Morgan fingerprint density at radius 2 is 1.23 bits per heavy atom. The molecule has 4 heteroatoms. The number of ketones is 1. The van der Waals surface area contributed by atoms with Gasteiger partial charge in [-0.3, -0.25) is 4.79 Å². The third kappa shape index (κ3) is 11.8. The number of aryl methyl sites for hydroxylation is 1. The van der Waals surface area contributed by atoms with E-state index in [1.165, 1.54) is 69.8 Å². The third-order valence-corrected chi connectivity index (χ3v) is 7.07. The van der Waals surface area contributed by atoms with Crippen molar-refractivity contribution in [2.24, 2.45) is 0 Å². The molecule has 0 saturated heterocycles. The summed E-state index contributed by atoms with van der Waals surface area (Å²) in [7, 11) is 0. The van der Waals surface area contributed by atoms with Crippen LogP contribution >= 0.6 is 0 Å². The van der Waals surface area contributed by atoms with E-state index in [4.69, 9.17) is 16.2 Å². The Bertz CT molecular complexity index is 1130. The third-order valence-electron chi connectivity index (χ3n) is 7.07. The van der Waals surface area contributed by atoms with Gasteiger partial charge in [0.2, 0.25) is 0 Å². The number of allylic oxidation sites excluding steroid dienone is 1. The fourth-order valence-corrected chi connectivity index (χ4v) is 4.73. The standard InChI is InChI=1S/C35H46N2O2/c1-2-3-4-5-6-7-8-9-10-11-12-28-17-20-31(21-18-28)35(38)22-19-29-13-15-30(16-14-29)23-24-39-34-26-32(36)25-33(37)27-34/h13-22,25-27H,2-12,23-24,36-37H2,1H3/b22-19-. The van der Waals surface area contributed by atoms with Crippen molar-refractivity contribution in [3.63, 3.8) is 0 Å². The Morgan fingerprint density at radius 1 is 0.692 bits per heavy atom. The van der Waals surface area contributed by atoms with E-state index in [0.717, 1.165) is 29.5 Å². The second kappa shape index (κ2) is 17.1. The second-order valence-corrected chi connectivity index (χ2v) is 10.5. The molecule has 0 aliphatic rings. The van der Waals surface area contributed by atoms with Gasteiger partial charge in [-0.25, -0.2) is 0 Å². The van der Waals surface area contributed by atoms with E-state index in [9.17, 15) is 4.79 Å². The summed E-state index contributed by atoms with van der Waals surface area (Å²) in [5, 5.41) is 0. The second-order valence-electron chi connectivity index (χ2n) is 10.5. The van der Waals surface area contributed by atoms with Crippen molar-refractivity contribution in [1.82, 2.24) is 0 Å². The van der Waals surface area contributed by atoms with Crippen LogP contribution in [-0.2, 0) is 12.8 Å². The lowest BCUT2D eigenvalue weighted by atomic mass is 10.0. The zero-order chi connectivity index (χ0) is 27.7. The van der Waals surface area contributed by atoms with Crippen LogP contribution in [0.3, 0.4) is 0 Å². The summed E-state index contributed by atoms with van der Waals surface area (Å²) in [6.45, 7) is 2.80. The number of nitrogens with two attached hydrogens (primary N) is 2. The van der Waals surface area contributed by atoms with Gasteiger partial charge in [0.25, 0.3) is 0 Å². The van der Waals surface area contributed by atoms with E-state index in [-0.39, 0.29) is 5.78 Å². The minimum absolute atomic E-state index is 0.0272. The van der Waals surface area contributed by atoms with Crippen molar-refractivity contribution in [1.29, 1.82) is 0 Å². The highest BCUT2D eigenvalue weighted by atomic mass is 16.5. The maximum Gasteiger partial charge on any atom is 0.185 e. The van der Waals surface area contributed by atoms with E-state index in [0.29, 0.717) is 23.7 Å². The summed E-state index contributed by atoms with van der Waals surface area (Å²) < 4.78 is 5.77. The van der Waals surface area contributed by atoms with E-state index in [1.807, 2.05) is 30.3 Å². The number of carbonyl (C=O) groups excluding carboxylic acids is 1. The van der Waals surface area contributed by atoms with Crippen molar-refractivity contribution in [2.75, 3.05) is 18.1 Å². The summed E-state index contributed by atoms with van der Waals surface area (Å²) in [5.74, 6) is 0.705. The Hall–Kier alpha value is -3.53. The molecule has 0 heterocycles. The van der Waals surface area contributed by atoms with E-state index >= 15 is 0 Å². The number of hydrogen-bond donors (Lipinski definition) is 2. The van der Waals surface area contributed by atoms with Crippen molar-refractivity contribution < 1.29 is 9.53 Å². The molecular weight excluding hydrogens is 480 g/mol. The van der Waals surface area contributed by atoms with Gasteiger partial charge in [-0.1, -0.05) is 119 Å². The molecule has 3 aromatic carbocycles. The van der Waals surface area contributed by atoms with E-state index in [1.54, 1.807) is 24.3 Å². The fourth-order valence-electron chi connectivity index (χ4n) is 4.73. The average molecular weight is 527 g/mol. The maximum absolute atomic E-state index is 12.6. The molecule has 0 radical (unpaired) electrons. The van der Waals surface area contributed by atoms with Gasteiger partial charge in [-0.05, 0) is 41.7 Å². The number of unbranched alkanes of at least 4 members (excludes halogenated alkanes) is 9. The monoisotopic (exact) mass is 526 g/mol. The van der Waals surface area contributed by atoms with Crippen LogP contribution in [-0.4, -0.2) is 12.4 Å². The van der Waals surface area contributed by atoms with Crippen LogP contribution in [0.25, 0.3) is 6.08 Å². The summed E-state index contributed by atoms with van der Waals surface area (Å²) >= 11 is 0. The summed E-state index contributed by atoms with van der Waals surface area (Å²) in [5.41, 5.74) is 17.0. The van der Waals surface area contributed by atoms with Gasteiger partial charge in [0.15, 0.2) is 5.78 Å². The van der Waals surface area contributed by atoms with Gasteiger partial charge in [-0.15, -0.1) is 0 Å². The Balaban J connectivity index is 1.33. The number of ether oxygens (including phenoxy) is 1. The quantitative estimate of drug-likeness (QED) is 0.0751. The minimum Gasteiger partial charge on any atom is -0.493 e. The summed E-state index contributed by atoms with van der Waals surface area (Å²) in [4.78, 5) is 12.6. The molecule has 0 bridgehead atoms. The number of nitrogen functional groups attached to an aromatic ring is 2. The normalized spacial score (nSPS) is 11.2. The van der Waals surface area contributed by atoms with Crippen LogP contribution in [0.15, 0.2) is 72.8 Å². The maximum atomic E-state index is 12.6. The van der Waals surface area contributed by atoms with Gasteiger partial charge in [0.05, 0.1) is 6.61 Å². The molecule has 0 spiro atoms. The number of anilines is 2. The van der Waals surface area contributed by atoms with Gasteiger partial charge >= 0.3 is 0 Å². The van der Waals surface area contributed by atoms with Crippen LogP contribution in [0.2, 0.25) is 0 Å². The topological polar surface area (TPSA) is 78.3 Å².